The number of rotatable bonds is 4. The van der Waals surface area contributed by atoms with Crippen molar-refractivity contribution >= 4 is 11.9 Å². The molecular formula is C10H18N2O3. The summed E-state index contributed by atoms with van der Waals surface area (Å²) in [6.45, 7) is 4.63. The Balaban J connectivity index is 2.39. The molecule has 1 rings (SSSR count). The van der Waals surface area contributed by atoms with Crippen molar-refractivity contribution in [2.75, 3.05) is 13.1 Å². The van der Waals surface area contributed by atoms with E-state index in [0.717, 1.165) is 0 Å². The van der Waals surface area contributed by atoms with Gasteiger partial charge in [0.15, 0.2) is 0 Å². The van der Waals surface area contributed by atoms with Crippen LogP contribution in [0.1, 0.15) is 26.7 Å². The van der Waals surface area contributed by atoms with Gasteiger partial charge in [-0.15, -0.1) is 0 Å². The van der Waals surface area contributed by atoms with Crippen LogP contribution in [0.4, 0.5) is 0 Å². The zero-order valence-corrected chi connectivity index (χ0v) is 9.19. The Morgan fingerprint density at radius 1 is 1.53 bits per heavy atom. The van der Waals surface area contributed by atoms with Crippen LogP contribution in [0, 0.1) is 5.92 Å². The smallest absolute Gasteiger partial charge is 0.303 e. The van der Waals surface area contributed by atoms with Crippen LogP contribution in [0.3, 0.4) is 0 Å². The third-order valence-corrected chi connectivity index (χ3v) is 2.93. The number of hydrogen-bond acceptors (Lipinski definition) is 3. The minimum Gasteiger partial charge on any atom is -0.481 e. The van der Waals surface area contributed by atoms with Crippen molar-refractivity contribution in [3.8, 4) is 0 Å². The molecular weight excluding hydrogens is 196 g/mol. The lowest BCUT2D eigenvalue weighted by Crippen LogP contribution is -2.60. The summed E-state index contributed by atoms with van der Waals surface area (Å²) >= 11 is 0. The molecule has 1 atom stereocenters. The molecule has 0 aliphatic carbocycles. The molecule has 15 heavy (non-hydrogen) atoms. The lowest BCUT2D eigenvalue weighted by molar-refractivity contribution is -0.148. The van der Waals surface area contributed by atoms with Crippen molar-refractivity contribution in [2.45, 2.75) is 32.2 Å². The maximum absolute atomic E-state index is 11.8. The molecule has 0 spiro atoms. The lowest BCUT2D eigenvalue weighted by Gasteiger charge is -2.42. The Morgan fingerprint density at radius 2 is 2.07 bits per heavy atom. The van der Waals surface area contributed by atoms with Gasteiger partial charge >= 0.3 is 5.97 Å². The van der Waals surface area contributed by atoms with E-state index in [1.54, 1.807) is 11.8 Å². The van der Waals surface area contributed by atoms with Gasteiger partial charge in [0.2, 0.25) is 5.91 Å². The minimum absolute atomic E-state index is 0.0772. The fraction of sp³-hybridized carbons (Fsp3) is 0.800. The summed E-state index contributed by atoms with van der Waals surface area (Å²) in [5.41, 5.74) is 5.00. The molecule has 1 unspecified atom stereocenters. The van der Waals surface area contributed by atoms with E-state index in [4.69, 9.17) is 10.8 Å². The molecule has 1 saturated heterocycles. The number of amides is 1. The number of aliphatic carboxylic acids is 1. The molecule has 5 heteroatoms. The predicted molar refractivity (Wildman–Crippen MR) is 55.2 cm³/mol. The number of nitrogens with zero attached hydrogens (tertiary/aromatic N) is 1. The molecule has 5 nitrogen and oxygen atoms in total. The highest BCUT2D eigenvalue weighted by Gasteiger charge is 2.38. The van der Waals surface area contributed by atoms with E-state index in [-0.39, 0.29) is 18.2 Å². The molecule has 0 aromatic rings. The van der Waals surface area contributed by atoms with Crippen LogP contribution in [0.25, 0.3) is 0 Å². The summed E-state index contributed by atoms with van der Waals surface area (Å²) in [5.74, 6) is -0.788. The molecule has 3 N–H and O–H groups in total. The lowest BCUT2D eigenvalue weighted by atomic mass is 9.91. The van der Waals surface area contributed by atoms with Crippen LogP contribution < -0.4 is 5.73 Å². The highest BCUT2D eigenvalue weighted by molar-refractivity contribution is 5.86. The highest BCUT2D eigenvalue weighted by atomic mass is 16.4. The summed E-state index contributed by atoms with van der Waals surface area (Å²) in [5, 5.41) is 8.55. The van der Waals surface area contributed by atoms with E-state index >= 15 is 0 Å². The largest absolute Gasteiger partial charge is 0.481 e. The molecule has 86 valence electrons. The van der Waals surface area contributed by atoms with Crippen LogP contribution in [-0.4, -0.2) is 40.5 Å². The van der Waals surface area contributed by atoms with Crippen molar-refractivity contribution in [1.82, 2.24) is 4.90 Å². The number of nitrogens with two attached hydrogens (primary N) is 1. The summed E-state index contributed by atoms with van der Waals surface area (Å²) in [6.07, 6.45) is 0.725. The number of carboxylic acid groups (broad SMARTS) is 1. The number of likely N-dealkylation sites (tertiary alicyclic amines) is 1. The van der Waals surface area contributed by atoms with Gasteiger partial charge in [0.05, 0.1) is 12.0 Å². The second kappa shape index (κ2) is 4.18. The van der Waals surface area contributed by atoms with Gasteiger partial charge in [0, 0.05) is 19.0 Å². The topological polar surface area (TPSA) is 83.6 Å². The quantitative estimate of drug-likeness (QED) is 0.692. The van der Waals surface area contributed by atoms with Crippen LogP contribution in [0.5, 0.6) is 0 Å². The molecule has 0 radical (unpaired) electrons. The highest BCUT2D eigenvalue weighted by Crippen LogP contribution is 2.22. The van der Waals surface area contributed by atoms with Crippen molar-refractivity contribution in [3.05, 3.63) is 0 Å². The fourth-order valence-corrected chi connectivity index (χ4v) is 1.62. The molecule has 0 saturated carbocycles. The second-order valence-electron chi connectivity index (χ2n) is 4.45. The number of carboxylic acids is 1. The zero-order chi connectivity index (χ0) is 11.6. The van der Waals surface area contributed by atoms with E-state index in [1.165, 1.54) is 0 Å². The average Bonchev–Trinajstić information content (AvgIpc) is 2.09. The first-order valence-corrected chi connectivity index (χ1v) is 5.17. The van der Waals surface area contributed by atoms with E-state index < -0.39 is 11.5 Å². The Morgan fingerprint density at radius 3 is 2.47 bits per heavy atom. The van der Waals surface area contributed by atoms with Crippen LogP contribution >= 0.6 is 0 Å². The van der Waals surface area contributed by atoms with Gasteiger partial charge in [-0.1, -0.05) is 6.92 Å². The predicted octanol–water partition coefficient (Wildman–Crippen LogP) is 0.0469. The van der Waals surface area contributed by atoms with Crippen molar-refractivity contribution in [3.63, 3.8) is 0 Å². The molecule has 1 amide bonds. The van der Waals surface area contributed by atoms with E-state index in [0.29, 0.717) is 19.5 Å². The van der Waals surface area contributed by atoms with Gasteiger partial charge in [0.25, 0.3) is 0 Å². The number of carbonyl (C=O) groups is 2. The standard InChI is InChI=1S/C10H18N2O3/c1-3-10(2,11)9(15)12-5-7(6-12)4-8(13)14/h7H,3-6,11H2,1-2H3,(H,13,14). The first kappa shape index (κ1) is 12.0. The number of hydrogen-bond donors (Lipinski definition) is 2. The van der Waals surface area contributed by atoms with Gasteiger partial charge in [-0.3, -0.25) is 9.59 Å². The van der Waals surface area contributed by atoms with Crippen molar-refractivity contribution in [1.29, 1.82) is 0 Å². The molecule has 1 aliphatic rings. The monoisotopic (exact) mass is 214 g/mol. The van der Waals surface area contributed by atoms with Gasteiger partial charge in [-0.05, 0) is 13.3 Å². The Bertz CT molecular complexity index is 270. The third-order valence-electron chi connectivity index (χ3n) is 2.93. The van der Waals surface area contributed by atoms with Crippen LogP contribution in [-0.2, 0) is 9.59 Å². The SMILES string of the molecule is CCC(C)(N)C(=O)N1CC(CC(=O)O)C1. The van der Waals surface area contributed by atoms with E-state index in [9.17, 15) is 9.59 Å². The first-order valence-electron chi connectivity index (χ1n) is 5.17. The maximum Gasteiger partial charge on any atom is 0.303 e. The summed E-state index contributed by atoms with van der Waals surface area (Å²) < 4.78 is 0. The summed E-state index contributed by atoms with van der Waals surface area (Å²) in [4.78, 5) is 23.8. The molecule has 1 heterocycles. The van der Waals surface area contributed by atoms with Gasteiger partial charge in [-0.25, -0.2) is 0 Å². The zero-order valence-electron chi connectivity index (χ0n) is 9.19. The molecule has 1 aliphatic heterocycles. The van der Waals surface area contributed by atoms with Gasteiger partial charge in [-0.2, -0.15) is 0 Å². The van der Waals surface area contributed by atoms with Crippen molar-refractivity contribution in [2.24, 2.45) is 11.7 Å². The fourth-order valence-electron chi connectivity index (χ4n) is 1.62. The second-order valence-corrected chi connectivity index (χ2v) is 4.45. The van der Waals surface area contributed by atoms with Crippen LogP contribution in [0.15, 0.2) is 0 Å². The Hall–Kier alpha value is -1.10. The number of carbonyl (C=O) groups excluding carboxylic acids is 1. The first-order chi connectivity index (χ1) is 6.86. The third kappa shape index (κ3) is 2.68. The van der Waals surface area contributed by atoms with Gasteiger partial charge in [0.1, 0.15) is 0 Å². The molecule has 1 fully saturated rings. The molecule has 0 aromatic heterocycles. The normalized spacial score (nSPS) is 20.6. The Kier molecular flexibility index (Phi) is 3.34. The molecule has 0 bridgehead atoms. The minimum atomic E-state index is -0.811. The van der Waals surface area contributed by atoms with E-state index in [1.807, 2.05) is 6.92 Å². The van der Waals surface area contributed by atoms with Crippen molar-refractivity contribution < 1.29 is 14.7 Å². The van der Waals surface area contributed by atoms with Gasteiger partial charge < -0.3 is 15.7 Å². The average molecular weight is 214 g/mol. The summed E-state index contributed by atoms with van der Waals surface area (Å²) in [6, 6.07) is 0. The molecule has 0 aromatic carbocycles. The summed E-state index contributed by atoms with van der Waals surface area (Å²) in [7, 11) is 0. The maximum atomic E-state index is 11.8. The van der Waals surface area contributed by atoms with E-state index in [2.05, 4.69) is 0 Å². The van der Waals surface area contributed by atoms with Crippen LogP contribution in [0.2, 0.25) is 0 Å². The Labute approximate surface area is 89.2 Å².